The van der Waals surface area contributed by atoms with Gasteiger partial charge >= 0.3 is 0 Å². The quantitative estimate of drug-likeness (QED) is 0.865. The predicted molar refractivity (Wildman–Crippen MR) is 75.3 cm³/mol. The Balaban J connectivity index is 2.51. The van der Waals surface area contributed by atoms with Crippen molar-refractivity contribution in [3.8, 4) is 10.6 Å². The molecule has 0 aliphatic heterocycles. The predicted octanol–water partition coefficient (Wildman–Crippen LogP) is 2.96. The van der Waals surface area contributed by atoms with Crippen LogP contribution in [0, 0.1) is 0 Å². The van der Waals surface area contributed by atoms with Crippen LogP contribution in [0.25, 0.3) is 10.6 Å². The average Bonchev–Trinajstić information content (AvgIpc) is 2.75. The first-order chi connectivity index (χ1) is 8.09. The number of nitrogens with zero attached hydrogens (tertiary/aromatic N) is 2. The molecule has 3 nitrogen and oxygen atoms in total. The van der Waals surface area contributed by atoms with Gasteiger partial charge in [-0.05, 0) is 18.1 Å². The van der Waals surface area contributed by atoms with Crippen LogP contribution in [0.2, 0.25) is 0 Å². The topological polar surface area (TPSA) is 51.8 Å². The van der Waals surface area contributed by atoms with Crippen molar-refractivity contribution in [2.45, 2.75) is 19.8 Å². The summed E-state index contributed by atoms with van der Waals surface area (Å²) in [5.41, 5.74) is 7.71. The fourth-order valence-corrected chi connectivity index (χ4v) is 2.80. The molecule has 0 amide bonds. The minimum absolute atomic E-state index is 0.313. The molecule has 5 heteroatoms. The highest BCUT2D eigenvalue weighted by Crippen LogP contribution is 2.31. The molecule has 0 aromatic carbocycles. The molecule has 2 N–H and O–H groups in total. The van der Waals surface area contributed by atoms with Gasteiger partial charge in [0.1, 0.15) is 10.00 Å². The lowest BCUT2D eigenvalue weighted by Crippen LogP contribution is -2.10. The van der Waals surface area contributed by atoms with Crippen LogP contribution in [-0.2, 0) is 0 Å². The van der Waals surface area contributed by atoms with Crippen molar-refractivity contribution < 1.29 is 0 Å². The van der Waals surface area contributed by atoms with Crippen molar-refractivity contribution in [1.82, 2.24) is 9.97 Å². The van der Waals surface area contributed by atoms with Gasteiger partial charge < -0.3 is 5.73 Å². The number of hydrogen-bond acceptors (Lipinski definition) is 4. The Morgan fingerprint density at radius 1 is 1.47 bits per heavy atom. The Morgan fingerprint density at radius 3 is 2.71 bits per heavy atom. The van der Waals surface area contributed by atoms with Gasteiger partial charge in [-0.2, -0.15) is 0 Å². The number of thiocarbonyl (C=S) groups is 1. The molecule has 17 heavy (non-hydrogen) atoms. The van der Waals surface area contributed by atoms with Crippen LogP contribution in [0.1, 0.15) is 30.3 Å². The Morgan fingerprint density at radius 2 is 2.24 bits per heavy atom. The summed E-state index contributed by atoms with van der Waals surface area (Å²) in [5.74, 6) is 0.313. The molecule has 2 aromatic heterocycles. The summed E-state index contributed by atoms with van der Waals surface area (Å²) in [7, 11) is 0. The number of hydrogen-bond donors (Lipinski definition) is 1. The molecule has 0 saturated heterocycles. The minimum atomic E-state index is 0.313. The first-order valence-electron chi connectivity index (χ1n) is 5.30. The lowest BCUT2D eigenvalue weighted by molar-refractivity contribution is 0.832. The van der Waals surface area contributed by atoms with Crippen LogP contribution < -0.4 is 5.73 Å². The third-order valence-electron chi connectivity index (χ3n) is 2.33. The van der Waals surface area contributed by atoms with E-state index in [1.54, 1.807) is 12.4 Å². The van der Waals surface area contributed by atoms with Crippen molar-refractivity contribution in [2.24, 2.45) is 5.73 Å². The van der Waals surface area contributed by atoms with Crippen LogP contribution in [0.15, 0.2) is 24.5 Å². The van der Waals surface area contributed by atoms with Crippen LogP contribution in [0.5, 0.6) is 0 Å². The molecule has 2 aromatic rings. The summed E-state index contributed by atoms with van der Waals surface area (Å²) >= 11 is 6.60. The Labute approximate surface area is 110 Å². The molecule has 0 fully saturated rings. The lowest BCUT2D eigenvalue weighted by atomic mass is 10.1. The number of aromatic nitrogens is 2. The van der Waals surface area contributed by atoms with Gasteiger partial charge in [0.25, 0.3) is 0 Å². The summed E-state index contributed by atoms with van der Waals surface area (Å²) in [5, 5.41) is 0.921. The van der Waals surface area contributed by atoms with Crippen molar-refractivity contribution in [3.05, 3.63) is 35.1 Å². The molecule has 2 rings (SSSR count). The van der Waals surface area contributed by atoms with Gasteiger partial charge in [0.05, 0.1) is 10.6 Å². The largest absolute Gasteiger partial charge is 0.389 e. The summed E-state index contributed by atoms with van der Waals surface area (Å²) in [6, 6.07) is 3.88. The zero-order valence-electron chi connectivity index (χ0n) is 9.68. The molecule has 2 heterocycles. The molecule has 0 saturated carbocycles. The van der Waals surface area contributed by atoms with E-state index < -0.39 is 0 Å². The van der Waals surface area contributed by atoms with Gasteiger partial charge in [-0.25, -0.2) is 4.98 Å². The average molecular weight is 263 g/mol. The molecule has 0 radical (unpaired) electrons. The molecule has 0 aliphatic carbocycles. The maximum absolute atomic E-state index is 5.73. The number of nitrogens with two attached hydrogens (primary N) is 1. The third-order valence-corrected chi connectivity index (χ3v) is 3.82. The molecular formula is C12H13N3S2. The minimum Gasteiger partial charge on any atom is -0.389 e. The molecular weight excluding hydrogens is 250 g/mol. The highest BCUT2D eigenvalue weighted by atomic mass is 32.1. The highest BCUT2D eigenvalue weighted by molar-refractivity contribution is 7.81. The summed E-state index contributed by atoms with van der Waals surface area (Å²) < 4.78 is 0. The van der Waals surface area contributed by atoms with E-state index in [4.69, 9.17) is 18.0 Å². The van der Waals surface area contributed by atoms with E-state index in [2.05, 4.69) is 23.8 Å². The van der Waals surface area contributed by atoms with Crippen LogP contribution in [0.3, 0.4) is 0 Å². The van der Waals surface area contributed by atoms with E-state index in [9.17, 15) is 0 Å². The Kier molecular flexibility index (Phi) is 3.49. The van der Waals surface area contributed by atoms with Crippen molar-refractivity contribution >= 4 is 28.5 Å². The second-order valence-corrected chi connectivity index (χ2v) is 5.43. The highest BCUT2D eigenvalue weighted by Gasteiger charge is 2.16. The third kappa shape index (κ3) is 2.50. The molecule has 0 aliphatic rings. The maximum atomic E-state index is 5.73. The van der Waals surface area contributed by atoms with Gasteiger partial charge in [-0.15, -0.1) is 11.3 Å². The molecule has 0 spiro atoms. The van der Waals surface area contributed by atoms with Crippen molar-refractivity contribution in [1.29, 1.82) is 0 Å². The normalized spacial score (nSPS) is 10.8. The first-order valence-corrected chi connectivity index (χ1v) is 6.53. The smallest absolute Gasteiger partial charge is 0.125 e. The number of rotatable bonds is 3. The zero-order valence-corrected chi connectivity index (χ0v) is 11.3. The van der Waals surface area contributed by atoms with Crippen molar-refractivity contribution in [3.63, 3.8) is 0 Å². The van der Waals surface area contributed by atoms with E-state index in [1.165, 1.54) is 11.3 Å². The summed E-state index contributed by atoms with van der Waals surface area (Å²) in [6.07, 6.45) is 3.54. The maximum Gasteiger partial charge on any atom is 0.125 e. The van der Waals surface area contributed by atoms with E-state index in [1.807, 2.05) is 12.1 Å². The van der Waals surface area contributed by atoms with Crippen LogP contribution in [-0.4, -0.2) is 15.0 Å². The van der Waals surface area contributed by atoms with Crippen LogP contribution in [0.4, 0.5) is 0 Å². The zero-order chi connectivity index (χ0) is 12.4. The number of thiazole rings is 1. The molecule has 0 atom stereocenters. The van der Waals surface area contributed by atoms with Gasteiger partial charge in [0, 0.05) is 18.0 Å². The molecule has 0 unspecified atom stereocenters. The molecule has 0 bridgehead atoms. The lowest BCUT2D eigenvalue weighted by Gasteiger charge is -2.02. The van der Waals surface area contributed by atoms with E-state index in [-0.39, 0.29) is 0 Å². The summed E-state index contributed by atoms with van der Waals surface area (Å²) in [4.78, 5) is 10.0. The van der Waals surface area contributed by atoms with E-state index >= 15 is 0 Å². The fraction of sp³-hybridized carbons (Fsp3) is 0.250. The second-order valence-electron chi connectivity index (χ2n) is 3.99. The Hall–Kier alpha value is -1.33. The van der Waals surface area contributed by atoms with Crippen molar-refractivity contribution in [2.75, 3.05) is 0 Å². The standard InChI is InChI=1S/C12H13N3S2/c1-7(2)9-10(11(13)16)17-12(15-9)8-4-3-5-14-6-8/h3-7H,1-2H3,(H2,13,16). The van der Waals surface area contributed by atoms with Crippen LogP contribution >= 0.6 is 23.6 Å². The fourth-order valence-electron chi connectivity index (χ4n) is 1.51. The Bertz CT molecular complexity index is 532. The molecule has 88 valence electrons. The van der Waals surface area contributed by atoms with Gasteiger partial charge in [0.2, 0.25) is 0 Å². The monoisotopic (exact) mass is 263 g/mol. The van der Waals surface area contributed by atoms with Gasteiger partial charge in [-0.1, -0.05) is 26.1 Å². The number of pyridine rings is 1. The van der Waals surface area contributed by atoms with E-state index in [0.717, 1.165) is 21.1 Å². The first kappa shape index (κ1) is 12.1. The van der Waals surface area contributed by atoms with Gasteiger partial charge in [0.15, 0.2) is 0 Å². The second kappa shape index (κ2) is 4.89. The summed E-state index contributed by atoms with van der Waals surface area (Å²) in [6.45, 7) is 4.17. The SMILES string of the molecule is CC(C)c1nc(-c2cccnc2)sc1C(N)=S. The van der Waals surface area contributed by atoms with Gasteiger partial charge in [-0.3, -0.25) is 4.98 Å². The van der Waals surface area contributed by atoms with E-state index in [0.29, 0.717) is 10.9 Å².